The number of hydrazone groups is 1. The number of aliphatic hydroxyl groups excluding tert-OH is 1. The van der Waals surface area contributed by atoms with E-state index in [-0.39, 0.29) is 0 Å². The van der Waals surface area contributed by atoms with E-state index in [9.17, 15) is 9.90 Å². The molecule has 0 aliphatic rings. The van der Waals surface area contributed by atoms with Crippen LogP contribution in [0, 0.1) is 0 Å². The Morgan fingerprint density at radius 1 is 1.33 bits per heavy atom. The van der Waals surface area contributed by atoms with Crippen LogP contribution >= 0.6 is 11.3 Å². The molecule has 1 atom stereocenters. The number of carbonyl (C=O) groups excluding carboxylic acids is 1. The molecule has 0 aliphatic carbocycles. The topological polar surface area (TPSA) is 61.7 Å². The van der Waals surface area contributed by atoms with Crippen LogP contribution in [0.5, 0.6) is 0 Å². The largest absolute Gasteiger partial charge is 0.378 e. The van der Waals surface area contributed by atoms with Crippen molar-refractivity contribution in [3.05, 3.63) is 58.3 Å². The summed E-state index contributed by atoms with van der Waals surface area (Å²) >= 11 is 1.55. The van der Waals surface area contributed by atoms with Crippen LogP contribution in [0.15, 0.2) is 52.3 Å². The monoisotopic (exact) mass is 260 g/mol. The fourth-order valence-electron chi connectivity index (χ4n) is 1.37. The lowest BCUT2D eigenvalue weighted by molar-refractivity contribution is -0.129. The van der Waals surface area contributed by atoms with E-state index >= 15 is 0 Å². The minimum absolute atomic E-state index is 0.542. The third-order valence-electron chi connectivity index (χ3n) is 2.30. The first-order valence-corrected chi connectivity index (χ1v) is 6.30. The van der Waals surface area contributed by atoms with Gasteiger partial charge in [0.2, 0.25) is 0 Å². The lowest BCUT2D eigenvalue weighted by Gasteiger charge is -2.08. The molecular weight excluding hydrogens is 248 g/mol. The third-order valence-corrected chi connectivity index (χ3v) is 3.00. The van der Waals surface area contributed by atoms with E-state index in [4.69, 9.17) is 0 Å². The summed E-state index contributed by atoms with van der Waals surface area (Å²) in [4.78, 5) is 11.6. The van der Waals surface area contributed by atoms with Crippen LogP contribution in [0.1, 0.15) is 17.2 Å². The van der Waals surface area contributed by atoms with Gasteiger partial charge in [-0.25, -0.2) is 5.43 Å². The Kier molecular flexibility index (Phi) is 4.22. The Labute approximate surface area is 109 Å². The van der Waals surface area contributed by atoms with E-state index in [0.29, 0.717) is 5.56 Å². The van der Waals surface area contributed by atoms with Crippen molar-refractivity contribution in [3.63, 3.8) is 0 Å². The zero-order valence-electron chi connectivity index (χ0n) is 9.48. The molecule has 0 bridgehead atoms. The molecule has 0 saturated carbocycles. The maximum absolute atomic E-state index is 11.6. The zero-order chi connectivity index (χ0) is 12.8. The molecule has 5 heteroatoms. The van der Waals surface area contributed by atoms with Crippen LogP contribution in [0.25, 0.3) is 0 Å². The van der Waals surface area contributed by atoms with Gasteiger partial charge in [-0.2, -0.15) is 16.4 Å². The van der Waals surface area contributed by atoms with Crippen LogP contribution in [0.4, 0.5) is 0 Å². The van der Waals surface area contributed by atoms with E-state index in [1.54, 1.807) is 35.6 Å². The molecule has 18 heavy (non-hydrogen) atoms. The minimum Gasteiger partial charge on any atom is -0.378 e. The molecule has 1 aromatic carbocycles. The molecular formula is C13H12N2O2S. The number of nitrogens with one attached hydrogen (secondary N) is 1. The predicted octanol–water partition coefficient (Wildman–Crippen LogP) is 1.93. The van der Waals surface area contributed by atoms with Crippen LogP contribution in [-0.4, -0.2) is 17.2 Å². The van der Waals surface area contributed by atoms with Gasteiger partial charge in [-0.05, 0) is 22.4 Å². The number of amides is 1. The third kappa shape index (κ3) is 3.26. The van der Waals surface area contributed by atoms with Gasteiger partial charge in [-0.1, -0.05) is 30.3 Å². The fourth-order valence-corrected chi connectivity index (χ4v) is 1.98. The highest BCUT2D eigenvalue weighted by molar-refractivity contribution is 7.08. The first kappa shape index (κ1) is 12.5. The molecule has 2 rings (SSSR count). The highest BCUT2D eigenvalue weighted by atomic mass is 32.1. The molecule has 1 amide bonds. The van der Waals surface area contributed by atoms with Crippen LogP contribution in [0.3, 0.4) is 0 Å². The van der Waals surface area contributed by atoms with Gasteiger partial charge in [-0.15, -0.1) is 0 Å². The second kappa shape index (κ2) is 6.09. The SMILES string of the molecule is O=C(N/N=C\c1ccsc1)[C@H](O)c1ccccc1. The summed E-state index contributed by atoms with van der Waals surface area (Å²) in [5.74, 6) is -0.548. The predicted molar refractivity (Wildman–Crippen MR) is 71.5 cm³/mol. The van der Waals surface area contributed by atoms with Crippen molar-refractivity contribution < 1.29 is 9.90 Å². The van der Waals surface area contributed by atoms with Gasteiger partial charge in [-0.3, -0.25) is 4.79 Å². The average Bonchev–Trinajstić information content (AvgIpc) is 2.92. The second-order valence-electron chi connectivity index (χ2n) is 3.60. The van der Waals surface area contributed by atoms with Gasteiger partial charge in [0, 0.05) is 5.56 Å². The minimum atomic E-state index is -1.20. The first-order valence-electron chi connectivity index (χ1n) is 5.35. The first-order chi connectivity index (χ1) is 8.77. The van der Waals surface area contributed by atoms with Crippen LogP contribution in [-0.2, 0) is 4.79 Å². The van der Waals surface area contributed by atoms with Gasteiger partial charge in [0.25, 0.3) is 5.91 Å². The molecule has 1 heterocycles. The normalized spacial score (nSPS) is 12.5. The Balaban J connectivity index is 1.92. The van der Waals surface area contributed by atoms with E-state index in [2.05, 4.69) is 10.5 Å². The van der Waals surface area contributed by atoms with Gasteiger partial charge < -0.3 is 5.11 Å². The molecule has 4 nitrogen and oxygen atoms in total. The molecule has 0 unspecified atom stereocenters. The standard InChI is InChI=1S/C13H12N2O2S/c16-12(11-4-2-1-3-5-11)13(17)15-14-8-10-6-7-18-9-10/h1-9,12,16H,(H,15,17)/b14-8-/t12-/m1/s1. The number of thiophene rings is 1. The zero-order valence-corrected chi connectivity index (χ0v) is 10.3. The van der Waals surface area contributed by atoms with Gasteiger partial charge in [0.1, 0.15) is 0 Å². The van der Waals surface area contributed by atoms with Gasteiger partial charge >= 0.3 is 0 Å². The van der Waals surface area contributed by atoms with Crippen molar-refractivity contribution in [3.8, 4) is 0 Å². The Morgan fingerprint density at radius 2 is 2.11 bits per heavy atom. The van der Waals surface area contributed by atoms with E-state index in [0.717, 1.165) is 5.56 Å². The average molecular weight is 260 g/mol. The van der Waals surface area contributed by atoms with Crippen molar-refractivity contribution in [2.24, 2.45) is 5.10 Å². The highest BCUT2D eigenvalue weighted by Crippen LogP contribution is 2.11. The van der Waals surface area contributed by atoms with Gasteiger partial charge in [0.05, 0.1) is 6.21 Å². The Morgan fingerprint density at radius 3 is 2.78 bits per heavy atom. The maximum atomic E-state index is 11.6. The molecule has 0 fully saturated rings. The Hall–Kier alpha value is -1.98. The molecule has 0 radical (unpaired) electrons. The number of aliphatic hydroxyl groups is 1. The molecule has 0 spiro atoms. The number of carbonyl (C=O) groups is 1. The molecule has 1 aromatic heterocycles. The number of benzene rings is 1. The van der Waals surface area contributed by atoms with Crippen molar-refractivity contribution >= 4 is 23.5 Å². The van der Waals surface area contributed by atoms with Crippen LogP contribution in [0.2, 0.25) is 0 Å². The summed E-state index contributed by atoms with van der Waals surface area (Å²) in [5, 5.41) is 17.4. The number of rotatable bonds is 4. The molecule has 2 N–H and O–H groups in total. The van der Waals surface area contributed by atoms with Crippen molar-refractivity contribution in [1.29, 1.82) is 0 Å². The fraction of sp³-hybridized carbons (Fsp3) is 0.0769. The Bertz CT molecular complexity index is 523. The van der Waals surface area contributed by atoms with Crippen molar-refractivity contribution in [1.82, 2.24) is 5.43 Å². The highest BCUT2D eigenvalue weighted by Gasteiger charge is 2.15. The van der Waals surface area contributed by atoms with E-state index < -0.39 is 12.0 Å². The number of hydrogen-bond donors (Lipinski definition) is 2. The summed E-state index contributed by atoms with van der Waals surface area (Å²) in [6.07, 6.45) is 0.331. The summed E-state index contributed by atoms with van der Waals surface area (Å²) in [6.45, 7) is 0. The summed E-state index contributed by atoms with van der Waals surface area (Å²) < 4.78 is 0. The lowest BCUT2D eigenvalue weighted by Crippen LogP contribution is -2.25. The summed E-state index contributed by atoms with van der Waals surface area (Å²) in [6, 6.07) is 10.6. The molecule has 92 valence electrons. The maximum Gasteiger partial charge on any atom is 0.273 e. The molecule has 0 aliphatic heterocycles. The summed E-state index contributed by atoms with van der Waals surface area (Å²) in [7, 11) is 0. The van der Waals surface area contributed by atoms with Crippen molar-refractivity contribution in [2.45, 2.75) is 6.10 Å². The smallest absolute Gasteiger partial charge is 0.273 e. The molecule has 2 aromatic rings. The van der Waals surface area contributed by atoms with E-state index in [1.807, 2.05) is 22.9 Å². The van der Waals surface area contributed by atoms with E-state index in [1.165, 1.54) is 6.21 Å². The number of hydrogen-bond acceptors (Lipinski definition) is 4. The van der Waals surface area contributed by atoms with Crippen molar-refractivity contribution in [2.75, 3.05) is 0 Å². The second-order valence-corrected chi connectivity index (χ2v) is 4.38. The van der Waals surface area contributed by atoms with Crippen LogP contribution < -0.4 is 5.43 Å². The quantitative estimate of drug-likeness (QED) is 0.652. The van der Waals surface area contributed by atoms with Gasteiger partial charge in [0.15, 0.2) is 6.10 Å². The molecule has 0 saturated heterocycles. The number of nitrogens with zero attached hydrogens (tertiary/aromatic N) is 1. The summed E-state index contributed by atoms with van der Waals surface area (Å²) in [5.41, 5.74) is 3.76. The lowest BCUT2D eigenvalue weighted by atomic mass is 10.1.